The van der Waals surface area contributed by atoms with Crippen LogP contribution in [0.3, 0.4) is 0 Å². The van der Waals surface area contributed by atoms with Crippen LogP contribution < -0.4 is 4.74 Å². The van der Waals surface area contributed by atoms with Gasteiger partial charge in [0.2, 0.25) is 0 Å². The van der Waals surface area contributed by atoms with Gasteiger partial charge in [0.05, 0.1) is 20.3 Å². The van der Waals surface area contributed by atoms with Crippen molar-refractivity contribution in [3.8, 4) is 16.9 Å². The van der Waals surface area contributed by atoms with Gasteiger partial charge in [0.1, 0.15) is 11.8 Å². The zero-order valence-electron chi connectivity index (χ0n) is 18.0. The Kier molecular flexibility index (Phi) is 6.61. The van der Waals surface area contributed by atoms with Gasteiger partial charge in [-0.1, -0.05) is 64.5 Å². The summed E-state index contributed by atoms with van der Waals surface area (Å²) in [6.45, 7) is 0. The van der Waals surface area contributed by atoms with Gasteiger partial charge in [0.15, 0.2) is 0 Å². The highest BCUT2D eigenvalue weighted by molar-refractivity contribution is 9.10. The Morgan fingerprint density at radius 3 is 2.28 bits per heavy atom. The Morgan fingerprint density at radius 1 is 0.906 bits per heavy atom. The van der Waals surface area contributed by atoms with E-state index in [1.54, 1.807) is 24.1 Å². The number of para-hydroxylation sites is 1. The molecule has 2 atom stereocenters. The van der Waals surface area contributed by atoms with Crippen molar-refractivity contribution in [2.75, 3.05) is 14.2 Å². The fraction of sp³-hybridized carbons (Fsp3) is 0.231. The van der Waals surface area contributed by atoms with Crippen molar-refractivity contribution < 1.29 is 19.1 Å². The molecule has 0 bridgehead atoms. The maximum atomic E-state index is 13.6. The standard InChI is InChI=1S/C26H24BrNO4/c1-31-24-10-6-4-7-19(24)17-11-13-18(14-12-17)25(29)28-22(15-16-23(28)26(30)32-2)20-8-3-5-9-21(20)27/h3-14,22-23H,15-16H2,1-2H3/t22-,23+/m1/s1. The molecule has 0 N–H and O–H groups in total. The Bertz CT molecular complexity index is 1130. The molecule has 0 aliphatic carbocycles. The van der Waals surface area contributed by atoms with Gasteiger partial charge in [-0.3, -0.25) is 4.79 Å². The smallest absolute Gasteiger partial charge is 0.328 e. The van der Waals surface area contributed by atoms with E-state index in [0.29, 0.717) is 18.4 Å². The number of carbonyl (C=O) groups is 2. The van der Waals surface area contributed by atoms with E-state index in [4.69, 9.17) is 9.47 Å². The minimum atomic E-state index is -0.612. The van der Waals surface area contributed by atoms with E-state index in [9.17, 15) is 9.59 Å². The number of ether oxygens (including phenoxy) is 2. The molecule has 164 valence electrons. The number of rotatable bonds is 5. The average molecular weight is 494 g/mol. The number of esters is 1. The molecule has 0 spiro atoms. The monoisotopic (exact) mass is 493 g/mol. The molecule has 0 unspecified atom stereocenters. The normalized spacial score (nSPS) is 17.8. The lowest BCUT2D eigenvalue weighted by atomic mass is 10.0. The minimum absolute atomic E-state index is 0.190. The highest BCUT2D eigenvalue weighted by Gasteiger charge is 2.43. The average Bonchev–Trinajstić information content (AvgIpc) is 3.28. The molecule has 0 aromatic heterocycles. The maximum Gasteiger partial charge on any atom is 0.328 e. The summed E-state index contributed by atoms with van der Waals surface area (Å²) in [6.07, 6.45) is 1.25. The number of likely N-dealkylation sites (tertiary alicyclic amines) is 1. The third-order valence-corrected chi connectivity index (χ3v) is 6.63. The second-order valence-electron chi connectivity index (χ2n) is 7.64. The van der Waals surface area contributed by atoms with Crippen LogP contribution in [0.2, 0.25) is 0 Å². The molecule has 6 heteroatoms. The summed E-state index contributed by atoms with van der Waals surface area (Å²) in [5.74, 6) is 0.189. The molecule has 1 aliphatic heterocycles. The van der Waals surface area contributed by atoms with Gasteiger partial charge in [-0.2, -0.15) is 0 Å². The molecule has 1 fully saturated rings. The summed E-state index contributed by atoms with van der Waals surface area (Å²) < 4.78 is 11.4. The zero-order valence-corrected chi connectivity index (χ0v) is 19.5. The predicted molar refractivity (Wildman–Crippen MR) is 127 cm³/mol. The molecule has 1 saturated heterocycles. The minimum Gasteiger partial charge on any atom is -0.496 e. The Labute approximate surface area is 196 Å². The first-order valence-corrected chi connectivity index (χ1v) is 11.2. The quantitative estimate of drug-likeness (QED) is 0.431. The lowest BCUT2D eigenvalue weighted by molar-refractivity contribution is -0.145. The topological polar surface area (TPSA) is 55.8 Å². The number of benzene rings is 3. The van der Waals surface area contributed by atoms with Gasteiger partial charge in [-0.15, -0.1) is 0 Å². The Hall–Kier alpha value is -3.12. The summed E-state index contributed by atoms with van der Waals surface area (Å²) in [5.41, 5.74) is 3.41. The van der Waals surface area contributed by atoms with Crippen molar-refractivity contribution in [2.24, 2.45) is 0 Å². The van der Waals surface area contributed by atoms with Crippen LogP contribution in [-0.2, 0) is 9.53 Å². The van der Waals surface area contributed by atoms with E-state index in [0.717, 1.165) is 26.9 Å². The van der Waals surface area contributed by atoms with Crippen molar-refractivity contribution >= 4 is 27.8 Å². The third-order valence-electron chi connectivity index (χ3n) is 5.91. The second kappa shape index (κ2) is 9.57. The van der Waals surface area contributed by atoms with Crippen molar-refractivity contribution in [1.82, 2.24) is 4.90 Å². The molecule has 4 rings (SSSR count). The molecular formula is C26H24BrNO4. The lowest BCUT2D eigenvalue weighted by Crippen LogP contribution is -2.42. The van der Waals surface area contributed by atoms with Crippen LogP contribution in [0.15, 0.2) is 77.3 Å². The number of hydrogen-bond acceptors (Lipinski definition) is 4. The molecule has 0 radical (unpaired) electrons. The second-order valence-corrected chi connectivity index (χ2v) is 8.50. The van der Waals surface area contributed by atoms with Crippen LogP contribution in [0.4, 0.5) is 0 Å². The largest absolute Gasteiger partial charge is 0.496 e. The fourth-order valence-corrected chi connectivity index (χ4v) is 4.89. The van der Waals surface area contributed by atoms with Gasteiger partial charge in [-0.25, -0.2) is 4.79 Å². The van der Waals surface area contributed by atoms with E-state index in [1.807, 2.05) is 60.7 Å². The SMILES string of the molecule is COC(=O)[C@@H]1CC[C@H](c2ccccc2Br)N1C(=O)c1ccc(-c2ccccc2OC)cc1. The van der Waals surface area contributed by atoms with Crippen molar-refractivity contribution in [2.45, 2.75) is 24.9 Å². The number of hydrogen-bond donors (Lipinski definition) is 0. The molecule has 32 heavy (non-hydrogen) atoms. The molecule has 0 saturated carbocycles. The number of halogens is 1. The van der Waals surface area contributed by atoms with Crippen LogP contribution in [0.5, 0.6) is 5.75 Å². The van der Waals surface area contributed by atoms with E-state index in [-0.39, 0.29) is 11.9 Å². The van der Waals surface area contributed by atoms with Crippen LogP contribution in [0.1, 0.15) is 34.8 Å². The number of methoxy groups -OCH3 is 2. The Morgan fingerprint density at radius 2 is 1.59 bits per heavy atom. The molecule has 1 amide bonds. The number of carbonyl (C=O) groups excluding carboxylic acids is 2. The summed E-state index contributed by atoms with van der Waals surface area (Å²) in [6, 6.07) is 22.1. The van der Waals surface area contributed by atoms with Crippen LogP contribution in [-0.4, -0.2) is 37.0 Å². The first-order chi connectivity index (χ1) is 15.5. The van der Waals surface area contributed by atoms with E-state index >= 15 is 0 Å². The molecule has 1 heterocycles. The summed E-state index contributed by atoms with van der Waals surface area (Å²) >= 11 is 3.60. The van der Waals surface area contributed by atoms with Gasteiger partial charge >= 0.3 is 5.97 Å². The molecule has 5 nitrogen and oxygen atoms in total. The van der Waals surface area contributed by atoms with Crippen molar-refractivity contribution in [3.05, 3.63) is 88.4 Å². The van der Waals surface area contributed by atoms with Gasteiger partial charge in [0, 0.05) is 15.6 Å². The van der Waals surface area contributed by atoms with Gasteiger partial charge in [0.25, 0.3) is 5.91 Å². The van der Waals surface area contributed by atoms with Crippen molar-refractivity contribution in [3.63, 3.8) is 0 Å². The van der Waals surface area contributed by atoms with Crippen molar-refractivity contribution in [1.29, 1.82) is 0 Å². The van der Waals surface area contributed by atoms with E-state index in [1.165, 1.54) is 7.11 Å². The lowest BCUT2D eigenvalue weighted by Gasteiger charge is -2.30. The van der Waals surface area contributed by atoms with E-state index in [2.05, 4.69) is 15.9 Å². The summed E-state index contributed by atoms with van der Waals surface area (Å²) in [5, 5.41) is 0. The highest BCUT2D eigenvalue weighted by Crippen LogP contribution is 2.40. The highest BCUT2D eigenvalue weighted by atomic mass is 79.9. The molecule has 3 aromatic carbocycles. The first kappa shape index (κ1) is 22.1. The molecule has 3 aromatic rings. The maximum absolute atomic E-state index is 13.6. The first-order valence-electron chi connectivity index (χ1n) is 10.4. The van der Waals surface area contributed by atoms with Crippen LogP contribution in [0.25, 0.3) is 11.1 Å². The van der Waals surface area contributed by atoms with Crippen LogP contribution in [0, 0.1) is 0 Å². The Balaban J connectivity index is 1.68. The predicted octanol–water partition coefficient (Wildman–Crippen LogP) is 5.64. The summed E-state index contributed by atoms with van der Waals surface area (Å²) in [7, 11) is 3.00. The molecule has 1 aliphatic rings. The van der Waals surface area contributed by atoms with E-state index < -0.39 is 12.0 Å². The number of nitrogens with zero attached hydrogens (tertiary/aromatic N) is 1. The summed E-state index contributed by atoms with van der Waals surface area (Å²) in [4.78, 5) is 27.8. The zero-order chi connectivity index (χ0) is 22.7. The third kappa shape index (κ3) is 4.15. The van der Waals surface area contributed by atoms with Gasteiger partial charge < -0.3 is 14.4 Å². The van der Waals surface area contributed by atoms with Crippen LogP contribution >= 0.6 is 15.9 Å². The fourth-order valence-electron chi connectivity index (χ4n) is 4.34. The van der Waals surface area contributed by atoms with Gasteiger partial charge in [-0.05, 0) is 48.2 Å². The number of amides is 1. The molecular weight excluding hydrogens is 470 g/mol.